The van der Waals surface area contributed by atoms with E-state index in [0.717, 1.165) is 5.69 Å². The molecule has 0 spiro atoms. The quantitative estimate of drug-likeness (QED) is 0.399. The maximum atomic E-state index is 12.0. The van der Waals surface area contributed by atoms with Crippen molar-refractivity contribution in [1.29, 1.82) is 0 Å². The van der Waals surface area contributed by atoms with Crippen molar-refractivity contribution in [2.45, 2.75) is 26.1 Å². The summed E-state index contributed by atoms with van der Waals surface area (Å²) in [6, 6.07) is 8.14. The summed E-state index contributed by atoms with van der Waals surface area (Å²) in [6.07, 6.45) is 0. The lowest BCUT2D eigenvalue weighted by Crippen LogP contribution is -2.57. The van der Waals surface area contributed by atoms with Crippen molar-refractivity contribution in [1.82, 2.24) is 10.4 Å². The van der Waals surface area contributed by atoms with Crippen LogP contribution in [0, 0.1) is 18.8 Å². The van der Waals surface area contributed by atoms with Crippen LogP contribution >= 0.6 is 0 Å². The van der Waals surface area contributed by atoms with Crippen LogP contribution < -0.4 is 10.4 Å². The first-order valence-electron chi connectivity index (χ1n) is 8.45. The van der Waals surface area contributed by atoms with Crippen molar-refractivity contribution in [3.63, 3.8) is 0 Å². The number of benzene rings is 1. The Balaban J connectivity index is 2.14. The number of piperazine rings is 1. The second-order valence-corrected chi connectivity index (χ2v) is 7.76. The fourth-order valence-corrected chi connectivity index (χ4v) is 4.61. The molecule has 3 N–H and O–H groups in total. The Bertz CT molecular complexity index is 618. The highest BCUT2D eigenvalue weighted by atomic mass is 32.2. The van der Waals surface area contributed by atoms with E-state index >= 15 is 0 Å². The molecule has 1 saturated heterocycles. The number of nitrogens with one attached hydrogen (secondary N) is 1. The summed E-state index contributed by atoms with van der Waals surface area (Å²) in [5.74, 6) is -1.56. The first-order valence-corrected chi connectivity index (χ1v) is 9.62. The van der Waals surface area contributed by atoms with E-state index in [0.29, 0.717) is 26.2 Å². The predicted molar refractivity (Wildman–Crippen MR) is 97.8 cm³/mol. The van der Waals surface area contributed by atoms with Crippen LogP contribution in [0.15, 0.2) is 24.3 Å². The molecular formula is C17H27N3O4S. The minimum absolute atomic E-state index is 0.178. The smallest absolute Gasteiger partial charge is 0.249 e. The lowest BCUT2D eigenvalue weighted by molar-refractivity contribution is -0.136. The van der Waals surface area contributed by atoms with Gasteiger partial charge in [-0.2, -0.15) is 0 Å². The number of carbonyl (C=O) groups excluding carboxylic acids is 1. The van der Waals surface area contributed by atoms with Gasteiger partial charge in [-0.25, -0.2) is 9.69 Å². The molecule has 0 aliphatic carbocycles. The van der Waals surface area contributed by atoms with Crippen LogP contribution in [0.3, 0.4) is 0 Å². The molecule has 1 aromatic carbocycles. The first kappa shape index (κ1) is 19.8. The number of aryl methyl sites for hydroxylation is 1. The van der Waals surface area contributed by atoms with Crippen LogP contribution in [-0.4, -0.2) is 56.3 Å². The first-order chi connectivity index (χ1) is 11.9. The summed E-state index contributed by atoms with van der Waals surface area (Å²) >= 11 is -2.20. The number of hydrogen-bond donors (Lipinski definition) is 3. The molecule has 1 heterocycles. The Hall–Kier alpha value is -1.48. The number of hydrogen-bond acceptors (Lipinski definition) is 5. The van der Waals surface area contributed by atoms with Gasteiger partial charge in [-0.3, -0.25) is 14.9 Å². The van der Waals surface area contributed by atoms with Crippen LogP contribution in [0.1, 0.15) is 19.4 Å². The van der Waals surface area contributed by atoms with Gasteiger partial charge in [0.25, 0.3) is 0 Å². The fourth-order valence-electron chi connectivity index (χ4n) is 3.45. The van der Waals surface area contributed by atoms with Crippen LogP contribution in [0.5, 0.6) is 0 Å². The minimum Gasteiger partial charge on any atom is -0.369 e. The SMILES string of the molecule is Cc1ccccc1N1CCN(C(C(C(=O)NO)C(C)C)S(=O)O)CC1. The highest BCUT2D eigenvalue weighted by molar-refractivity contribution is 7.79. The van der Waals surface area contributed by atoms with Crippen LogP contribution in [0.2, 0.25) is 0 Å². The number of anilines is 1. The second kappa shape index (κ2) is 8.75. The lowest BCUT2D eigenvalue weighted by Gasteiger charge is -2.42. The van der Waals surface area contributed by atoms with Crippen molar-refractivity contribution in [3.8, 4) is 0 Å². The molecule has 140 valence electrons. The highest BCUT2D eigenvalue weighted by Gasteiger charge is 2.40. The maximum absolute atomic E-state index is 12.0. The molecule has 3 unspecified atom stereocenters. The molecule has 7 nitrogen and oxygen atoms in total. The summed E-state index contributed by atoms with van der Waals surface area (Å²) in [4.78, 5) is 16.2. The van der Waals surface area contributed by atoms with Crippen molar-refractivity contribution >= 4 is 22.7 Å². The second-order valence-electron chi connectivity index (χ2n) is 6.72. The van der Waals surface area contributed by atoms with Gasteiger partial charge < -0.3 is 9.45 Å². The van der Waals surface area contributed by atoms with Crippen LogP contribution in [0.4, 0.5) is 5.69 Å². The molecule has 0 aromatic heterocycles. The molecule has 0 saturated carbocycles. The van der Waals surface area contributed by atoms with Gasteiger partial charge in [-0.1, -0.05) is 32.0 Å². The van der Waals surface area contributed by atoms with Crippen molar-refractivity contribution in [3.05, 3.63) is 29.8 Å². The number of rotatable bonds is 6. The predicted octanol–water partition coefficient (Wildman–Crippen LogP) is 1.44. The molecule has 25 heavy (non-hydrogen) atoms. The fraction of sp³-hybridized carbons (Fsp3) is 0.588. The Kier molecular flexibility index (Phi) is 6.95. The third kappa shape index (κ3) is 4.58. The number of nitrogens with zero attached hydrogens (tertiary/aromatic N) is 2. The van der Waals surface area contributed by atoms with Crippen molar-refractivity contribution in [2.24, 2.45) is 11.8 Å². The zero-order chi connectivity index (χ0) is 18.6. The average Bonchev–Trinajstić information content (AvgIpc) is 2.59. The van der Waals surface area contributed by atoms with E-state index in [4.69, 9.17) is 5.21 Å². The third-order valence-electron chi connectivity index (χ3n) is 4.78. The molecule has 1 aliphatic rings. The third-order valence-corrected chi connectivity index (χ3v) is 5.78. The van der Waals surface area contributed by atoms with E-state index in [-0.39, 0.29) is 5.92 Å². The van der Waals surface area contributed by atoms with E-state index in [2.05, 4.69) is 24.0 Å². The number of amides is 1. The molecule has 1 aliphatic heterocycles. The van der Waals surface area contributed by atoms with E-state index < -0.39 is 28.3 Å². The van der Waals surface area contributed by atoms with E-state index in [1.54, 1.807) is 5.48 Å². The Morgan fingerprint density at radius 1 is 1.20 bits per heavy atom. The summed E-state index contributed by atoms with van der Waals surface area (Å²) in [5.41, 5.74) is 4.00. The molecule has 1 amide bonds. The molecule has 8 heteroatoms. The van der Waals surface area contributed by atoms with Gasteiger partial charge >= 0.3 is 0 Å². The van der Waals surface area contributed by atoms with E-state index in [1.165, 1.54) is 5.56 Å². The summed E-state index contributed by atoms with van der Waals surface area (Å²) in [7, 11) is 0. The molecule has 3 atom stereocenters. The molecule has 0 bridgehead atoms. The number of para-hydroxylation sites is 1. The molecular weight excluding hydrogens is 342 g/mol. The van der Waals surface area contributed by atoms with E-state index in [1.807, 2.05) is 30.9 Å². The van der Waals surface area contributed by atoms with Gasteiger partial charge in [0.2, 0.25) is 5.91 Å². The summed E-state index contributed by atoms with van der Waals surface area (Å²) in [6.45, 7) is 8.26. The van der Waals surface area contributed by atoms with Gasteiger partial charge in [-0.15, -0.1) is 0 Å². The normalized spacial score (nSPS) is 19.5. The average molecular weight is 369 g/mol. The zero-order valence-electron chi connectivity index (χ0n) is 14.9. The Morgan fingerprint density at radius 2 is 1.80 bits per heavy atom. The largest absolute Gasteiger partial charge is 0.369 e. The Labute approximate surface area is 151 Å². The van der Waals surface area contributed by atoms with Gasteiger partial charge in [0.15, 0.2) is 11.1 Å². The minimum atomic E-state index is -2.20. The van der Waals surface area contributed by atoms with Gasteiger partial charge in [0.1, 0.15) is 5.37 Å². The van der Waals surface area contributed by atoms with Gasteiger partial charge in [0.05, 0.1) is 5.92 Å². The van der Waals surface area contributed by atoms with Crippen LogP contribution in [-0.2, 0) is 15.9 Å². The summed E-state index contributed by atoms with van der Waals surface area (Å²) in [5, 5.41) is 8.16. The highest BCUT2D eigenvalue weighted by Crippen LogP contribution is 2.26. The monoisotopic (exact) mass is 369 g/mol. The lowest BCUT2D eigenvalue weighted by atomic mass is 9.93. The molecule has 1 fully saturated rings. The van der Waals surface area contributed by atoms with Gasteiger partial charge in [0, 0.05) is 31.9 Å². The maximum Gasteiger partial charge on any atom is 0.249 e. The molecule has 0 radical (unpaired) electrons. The van der Waals surface area contributed by atoms with Crippen molar-refractivity contribution < 1.29 is 18.8 Å². The number of hydroxylamine groups is 1. The standard InChI is InChI=1S/C17H27N3O4S/c1-12(2)15(16(21)18-22)17(25(23)24)20-10-8-19(9-11-20)14-7-5-4-6-13(14)3/h4-7,12,15,17,22H,8-11H2,1-3H3,(H,18,21)(H,23,24). The number of carbonyl (C=O) groups is 1. The summed E-state index contributed by atoms with van der Waals surface area (Å²) < 4.78 is 21.8. The zero-order valence-corrected chi connectivity index (χ0v) is 15.7. The van der Waals surface area contributed by atoms with Crippen LogP contribution in [0.25, 0.3) is 0 Å². The van der Waals surface area contributed by atoms with E-state index in [9.17, 15) is 13.6 Å². The topological polar surface area (TPSA) is 93.1 Å². The van der Waals surface area contributed by atoms with Crippen molar-refractivity contribution in [2.75, 3.05) is 31.1 Å². The van der Waals surface area contributed by atoms with Gasteiger partial charge in [-0.05, 0) is 24.5 Å². The molecule has 2 rings (SSSR count). The molecule has 1 aromatic rings. The Morgan fingerprint density at radius 3 is 2.28 bits per heavy atom.